The third-order valence-corrected chi connectivity index (χ3v) is 3.78. The second-order valence-electron chi connectivity index (χ2n) is 5.02. The van der Waals surface area contributed by atoms with Crippen LogP contribution in [-0.4, -0.2) is 14.4 Å². The molecule has 3 rings (SSSR count). The SMILES string of the molecule is CCn1c(-c2ccccc2)c([N+](=O)[O-])c2ccc([N+](=O)[O-])cc21. The minimum Gasteiger partial charge on any atom is -0.335 e. The van der Waals surface area contributed by atoms with Crippen molar-refractivity contribution in [3.63, 3.8) is 0 Å². The molecule has 0 N–H and O–H groups in total. The monoisotopic (exact) mass is 311 g/mol. The zero-order chi connectivity index (χ0) is 16.6. The standard InChI is InChI=1S/C16H13N3O4/c1-2-17-14-10-12(18(20)21)8-9-13(14)16(19(22)23)15(17)11-6-4-3-5-7-11/h3-10H,2H2,1H3. The van der Waals surface area contributed by atoms with Gasteiger partial charge in [-0.25, -0.2) is 0 Å². The molecular weight excluding hydrogens is 298 g/mol. The van der Waals surface area contributed by atoms with Crippen LogP contribution in [0.1, 0.15) is 6.92 Å². The molecule has 7 nitrogen and oxygen atoms in total. The van der Waals surface area contributed by atoms with Gasteiger partial charge in [0.05, 0.1) is 20.7 Å². The molecule has 0 aliphatic carbocycles. The van der Waals surface area contributed by atoms with Crippen LogP contribution in [-0.2, 0) is 6.54 Å². The zero-order valence-electron chi connectivity index (χ0n) is 12.3. The Morgan fingerprint density at radius 3 is 2.26 bits per heavy atom. The van der Waals surface area contributed by atoms with Crippen molar-refractivity contribution in [2.75, 3.05) is 0 Å². The van der Waals surface area contributed by atoms with Crippen molar-refractivity contribution in [3.05, 3.63) is 68.8 Å². The number of nitro benzene ring substituents is 1. The average molecular weight is 311 g/mol. The van der Waals surface area contributed by atoms with E-state index in [2.05, 4.69) is 0 Å². The highest BCUT2D eigenvalue weighted by Gasteiger charge is 2.27. The molecule has 0 radical (unpaired) electrons. The summed E-state index contributed by atoms with van der Waals surface area (Å²) in [6, 6.07) is 13.2. The van der Waals surface area contributed by atoms with Crippen LogP contribution in [0.5, 0.6) is 0 Å². The van der Waals surface area contributed by atoms with E-state index in [9.17, 15) is 20.2 Å². The summed E-state index contributed by atoms with van der Waals surface area (Å²) < 4.78 is 1.75. The largest absolute Gasteiger partial charge is 0.335 e. The van der Waals surface area contributed by atoms with E-state index in [-0.39, 0.29) is 11.4 Å². The summed E-state index contributed by atoms with van der Waals surface area (Å²) in [7, 11) is 0. The van der Waals surface area contributed by atoms with Crippen LogP contribution < -0.4 is 0 Å². The molecule has 0 aliphatic rings. The summed E-state index contributed by atoms with van der Waals surface area (Å²) >= 11 is 0. The summed E-state index contributed by atoms with van der Waals surface area (Å²) in [6.45, 7) is 2.32. The molecule has 0 saturated carbocycles. The van der Waals surface area contributed by atoms with Crippen molar-refractivity contribution in [1.82, 2.24) is 4.57 Å². The highest BCUT2D eigenvalue weighted by molar-refractivity contribution is 5.99. The number of non-ortho nitro benzene ring substituents is 1. The van der Waals surface area contributed by atoms with Crippen LogP contribution in [0.3, 0.4) is 0 Å². The number of benzene rings is 2. The molecule has 0 saturated heterocycles. The van der Waals surface area contributed by atoms with E-state index in [1.54, 1.807) is 28.8 Å². The van der Waals surface area contributed by atoms with E-state index in [4.69, 9.17) is 0 Å². The molecule has 1 heterocycles. The minimum atomic E-state index is -0.500. The molecular formula is C16H13N3O4. The lowest BCUT2D eigenvalue weighted by molar-refractivity contribution is -0.384. The smallest absolute Gasteiger partial charge is 0.302 e. The fourth-order valence-corrected chi connectivity index (χ4v) is 2.83. The number of nitrogens with zero attached hydrogens (tertiary/aromatic N) is 3. The van der Waals surface area contributed by atoms with Crippen molar-refractivity contribution >= 4 is 22.3 Å². The average Bonchev–Trinajstić information content (AvgIpc) is 2.89. The quantitative estimate of drug-likeness (QED) is 0.534. The Kier molecular flexibility index (Phi) is 3.53. The van der Waals surface area contributed by atoms with Crippen molar-refractivity contribution in [1.29, 1.82) is 0 Å². The molecule has 7 heteroatoms. The Bertz CT molecular complexity index is 916. The number of aryl methyl sites for hydroxylation is 1. The molecule has 116 valence electrons. The predicted molar refractivity (Wildman–Crippen MR) is 86.4 cm³/mol. The molecule has 0 atom stereocenters. The maximum atomic E-state index is 11.6. The second-order valence-corrected chi connectivity index (χ2v) is 5.02. The van der Waals surface area contributed by atoms with Gasteiger partial charge in [0.2, 0.25) is 0 Å². The molecule has 0 bridgehead atoms. The molecule has 1 aromatic heterocycles. The lowest BCUT2D eigenvalue weighted by atomic mass is 10.1. The van der Waals surface area contributed by atoms with Gasteiger partial charge in [-0.2, -0.15) is 0 Å². The molecule has 0 fully saturated rings. The molecule has 0 spiro atoms. The minimum absolute atomic E-state index is 0.0250. The maximum absolute atomic E-state index is 11.6. The number of rotatable bonds is 4. The fourth-order valence-electron chi connectivity index (χ4n) is 2.83. The highest BCUT2D eigenvalue weighted by Crippen LogP contribution is 2.40. The Balaban J connectivity index is 2.44. The van der Waals surface area contributed by atoms with E-state index in [0.717, 1.165) is 0 Å². The molecule has 0 aliphatic heterocycles. The molecule has 2 aromatic carbocycles. The van der Waals surface area contributed by atoms with Gasteiger partial charge in [0.1, 0.15) is 5.69 Å². The van der Waals surface area contributed by atoms with Gasteiger partial charge in [0, 0.05) is 24.2 Å². The third-order valence-electron chi connectivity index (χ3n) is 3.78. The first-order chi connectivity index (χ1) is 11.0. The van der Waals surface area contributed by atoms with Gasteiger partial charge < -0.3 is 4.57 Å². The van der Waals surface area contributed by atoms with Crippen LogP contribution in [0.15, 0.2) is 48.5 Å². The normalized spacial score (nSPS) is 10.8. The summed E-state index contributed by atoms with van der Waals surface area (Å²) in [5, 5.41) is 23.0. The summed E-state index contributed by atoms with van der Waals surface area (Å²) in [4.78, 5) is 21.7. The first kappa shape index (κ1) is 14.7. The fraction of sp³-hybridized carbons (Fsp3) is 0.125. The van der Waals surface area contributed by atoms with Gasteiger partial charge in [-0.3, -0.25) is 20.2 Å². The lowest BCUT2D eigenvalue weighted by Crippen LogP contribution is -1.99. The Morgan fingerprint density at radius 1 is 1.00 bits per heavy atom. The van der Waals surface area contributed by atoms with Crippen molar-refractivity contribution in [2.45, 2.75) is 13.5 Å². The molecule has 3 aromatic rings. The second kappa shape index (κ2) is 5.53. The van der Waals surface area contributed by atoms with Gasteiger partial charge in [-0.05, 0) is 13.0 Å². The number of aromatic nitrogens is 1. The van der Waals surface area contributed by atoms with E-state index in [1.165, 1.54) is 18.2 Å². The van der Waals surface area contributed by atoms with Crippen molar-refractivity contribution in [2.24, 2.45) is 0 Å². The van der Waals surface area contributed by atoms with Crippen LogP contribution >= 0.6 is 0 Å². The first-order valence-corrected chi connectivity index (χ1v) is 7.05. The summed E-state index contributed by atoms with van der Waals surface area (Å²) in [5.41, 5.74) is 1.56. The first-order valence-electron chi connectivity index (χ1n) is 7.05. The van der Waals surface area contributed by atoms with Crippen LogP contribution in [0.25, 0.3) is 22.2 Å². The number of hydrogen-bond donors (Lipinski definition) is 0. The van der Waals surface area contributed by atoms with Crippen molar-refractivity contribution in [3.8, 4) is 11.3 Å². The van der Waals surface area contributed by atoms with Gasteiger partial charge >= 0.3 is 5.69 Å². The van der Waals surface area contributed by atoms with Gasteiger partial charge in [0.15, 0.2) is 0 Å². The Morgan fingerprint density at radius 2 is 1.70 bits per heavy atom. The van der Waals surface area contributed by atoms with Gasteiger partial charge in [-0.1, -0.05) is 30.3 Å². The Hall–Kier alpha value is -3.22. The summed E-state index contributed by atoms with van der Waals surface area (Å²) in [6.07, 6.45) is 0. The lowest BCUT2D eigenvalue weighted by Gasteiger charge is -2.07. The van der Waals surface area contributed by atoms with E-state index >= 15 is 0 Å². The third kappa shape index (κ3) is 2.32. The van der Waals surface area contributed by atoms with E-state index in [0.29, 0.717) is 28.7 Å². The Labute approximate surface area is 131 Å². The zero-order valence-corrected chi connectivity index (χ0v) is 12.3. The van der Waals surface area contributed by atoms with E-state index in [1.807, 2.05) is 13.0 Å². The van der Waals surface area contributed by atoms with E-state index < -0.39 is 9.85 Å². The van der Waals surface area contributed by atoms with Crippen LogP contribution in [0, 0.1) is 20.2 Å². The highest BCUT2D eigenvalue weighted by atomic mass is 16.6. The topological polar surface area (TPSA) is 91.2 Å². The van der Waals surface area contributed by atoms with Gasteiger partial charge in [-0.15, -0.1) is 0 Å². The number of hydrogen-bond acceptors (Lipinski definition) is 4. The van der Waals surface area contributed by atoms with Crippen molar-refractivity contribution < 1.29 is 9.85 Å². The van der Waals surface area contributed by atoms with Crippen LogP contribution in [0.4, 0.5) is 11.4 Å². The molecule has 0 unspecified atom stereocenters. The molecule has 0 amide bonds. The number of nitro groups is 2. The van der Waals surface area contributed by atoms with Crippen LogP contribution in [0.2, 0.25) is 0 Å². The summed E-state index contributed by atoms with van der Waals surface area (Å²) in [5.74, 6) is 0. The maximum Gasteiger partial charge on any atom is 0.302 e. The predicted octanol–water partition coefficient (Wildman–Crippen LogP) is 4.14. The van der Waals surface area contributed by atoms with Gasteiger partial charge in [0.25, 0.3) is 5.69 Å². The number of fused-ring (bicyclic) bond motifs is 1. The molecule has 23 heavy (non-hydrogen) atoms.